The molecule has 1 aliphatic rings. The number of rotatable bonds is 3. The van der Waals surface area contributed by atoms with Crippen LogP contribution in [0.25, 0.3) is 0 Å². The summed E-state index contributed by atoms with van der Waals surface area (Å²) in [5.41, 5.74) is 0.540. The largest absolute Gasteiger partial charge is 0.507 e. The van der Waals surface area contributed by atoms with Gasteiger partial charge in [0.25, 0.3) is 5.91 Å². The molecule has 18 heavy (non-hydrogen) atoms. The maximum atomic E-state index is 12.4. The minimum Gasteiger partial charge on any atom is -0.507 e. The second-order valence-electron chi connectivity index (χ2n) is 4.52. The predicted octanol–water partition coefficient (Wildman–Crippen LogP) is 1.98. The maximum Gasteiger partial charge on any atom is 0.254 e. The highest BCUT2D eigenvalue weighted by Crippen LogP contribution is 2.26. The summed E-state index contributed by atoms with van der Waals surface area (Å²) in [6, 6.07) is 5.21. The Hall–Kier alpha value is -1.07. The van der Waals surface area contributed by atoms with Gasteiger partial charge in [-0.05, 0) is 54.0 Å². The number of phenols is 1. The molecule has 2 N–H and O–H groups in total. The summed E-state index contributed by atoms with van der Waals surface area (Å²) >= 11 is 3.21. The molecule has 1 aromatic carbocycles. The van der Waals surface area contributed by atoms with Crippen LogP contribution in [0.3, 0.4) is 0 Å². The lowest BCUT2D eigenvalue weighted by Gasteiger charge is -2.24. The van der Waals surface area contributed by atoms with Crippen LogP contribution in [0.15, 0.2) is 22.7 Å². The highest BCUT2D eigenvalue weighted by molar-refractivity contribution is 9.10. The van der Waals surface area contributed by atoms with Crippen molar-refractivity contribution in [2.24, 2.45) is 0 Å². The molecule has 0 radical (unpaired) electrons. The van der Waals surface area contributed by atoms with Crippen LogP contribution in [0, 0.1) is 0 Å². The lowest BCUT2D eigenvalue weighted by Crippen LogP contribution is -2.40. The third kappa shape index (κ3) is 2.67. The van der Waals surface area contributed by atoms with Crippen LogP contribution in [-0.4, -0.2) is 42.1 Å². The first-order valence-corrected chi connectivity index (χ1v) is 6.87. The Morgan fingerprint density at radius 3 is 3.06 bits per heavy atom. The van der Waals surface area contributed by atoms with E-state index in [0.29, 0.717) is 10.0 Å². The zero-order valence-corrected chi connectivity index (χ0v) is 11.9. The topological polar surface area (TPSA) is 52.6 Å². The standard InChI is InChI=1S/C13H17BrN2O2/c1-15-8-10-3-2-6-16(10)13(18)9-4-5-11(14)12(17)7-9/h4-5,7,10,15,17H,2-3,6,8H2,1H3. The Kier molecular flexibility index (Phi) is 4.24. The first-order valence-electron chi connectivity index (χ1n) is 6.07. The zero-order chi connectivity index (χ0) is 13.1. The molecule has 1 fully saturated rings. The number of phenolic OH excluding ortho intramolecular Hbond substituents is 1. The number of likely N-dealkylation sites (tertiary alicyclic amines) is 1. The highest BCUT2D eigenvalue weighted by Gasteiger charge is 2.28. The molecule has 1 aromatic rings. The molecular weight excluding hydrogens is 296 g/mol. The summed E-state index contributed by atoms with van der Waals surface area (Å²) in [5.74, 6) is 0.0979. The second-order valence-corrected chi connectivity index (χ2v) is 5.37. The molecule has 1 saturated heterocycles. The number of amides is 1. The van der Waals surface area contributed by atoms with Gasteiger partial charge in [0, 0.05) is 24.7 Å². The van der Waals surface area contributed by atoms with Crippen molar-refractivity contribution in [3.8, 4) is 5.75 Å². The van der Waals surface area contributed by atoms with E-state index < -0.39 is 0 Å². The van der Waals surface area contributed by atoms with Gasteiger partial charge in [0.1, 0.15) is 5.75 Å². The Morgan fingerprint density at radius 2 is 2.39 bits per heavy atom. The molecule has 2 rings (SSSR count). The highest BCUT2D eigenvalue weighted by atomic mass is 79.9. The number of hydrogen-bond donors (Lipinski definition) is 2. The number of benzene rings is 1. The minimum absolute atomic E-state index is 0.00412. The number of nitrogens with zero attached hydrogens (tertiary/aromatic N) is 1. The molecule has 1 atom stereocenters. The molecule has 1 heterocycles. The van der Waals surface area contributed by atoms with E-state index in [4.69, 9.17) is 0 Å². The van der Waals surface area contributed by atoms with E-state index in [2.05, 4.69) is 21.2 Å². The summed E-state index contributed by atoms with van der Waals surface area (Å²) in [6.45, 7) is 1.61. The average Bonchev–Trinajstić information content (AvgIpc) is 2.80. The van der Waals surface area contributed by atoms with Crippen LogP contribution in [-0.2, 0) is 0 Å². The molecule has 98 valence electrons. The SMILES string of the molecule is CNCC1CCCN1C(=O)c1ccc(Br)c(O)c1. The molecule has 4 nitrogen and oxygen atoms in total. The fourth-order valence-corrected chi connectivity index (χ4v) is 2.61. The number of nitrogens with one attached hydrogen (secondary N) is 1. The lowest BCUT2D eigenvalue weighted by atomic mass is 10.1. The van der Waals surface area contributed by atoms with Gasteiger partial charge in [0.05, 0.1) is 4.47 Å². The van der Waals surface area contributed by atoms with E-state index in [0.717, 1.165) is 25.9 Å². The van der Waals surface area contributed by atoms with Gasteiger partial charge in [-0.3, -0.25) is 4.79 Å². The molecule has 0 bridgehead atoms. The van der Waals surface area contributed by atoms with Crippen LogP contribution in [0.5, 0.6) is 5.75 Å². The van der Waals surface area contributed by atoms with Crippen molar-refractivity contribution in [2.75, 3.05) is 20.1 Å². The van der Waals surface area contributed by atoms with E-state index in [9.17, 15) is 9.90 Å². The van der Waals surface area contributed by atoms with Crippen molar-refractivity contribution in [1.29, 1.82) is 0 Å². The monoisotopic (exact) mass is 312 g/mol. The van der Waals surface area contributed by atoms with Crippen molar-refractivity contribution in [3.05, 3.63) is 28.2 Å². The second kappa shape index (κ2) is 5.71. The summed E-state index contributed by atoms with van der Waals surface area (Å²) in [4.78, 5) is 14.3. The van der Waals surface area contributed by atoms with Gasteiger partial charge in [-0.2, -0.15) is 0 Å². The Balaban J connectivity index is 2.17. The van der Waals surface area contributed by atoms with Crippen LogP contribution < -0.4 is 5.32 Å². The van der Waals surface area contributed by atoms with E-state index >= 15 is 0 Å². The van der Waals surface area contributed by atoms with Gasteiger partial charge >= 0.3 is 0 Å². The molecule has 5 heteroatoms. The third-order valence-corrected chi connectivity index (χ3v) is 3.94. The van der Waals surface area contributed by atoms with Gasteiger partial charge in [-0.1, -0.05) is 0 Å². The quantitative estimate of drug-likeness (QED) is 0.897. The van der Waals surface area contributed by atoms with E-state index in [-0.39, 0.29) is 17.7 Å². The summed E-state index contributed by atoms with van der Waals surface area (Å²) in [5, 5.41) is 12.7. The molecule has 0 spiro atoms. The Bertz CT molecular complexity index is 451. The van der Waals surface area contributed by atoms with E-state index in [1.165, 1.54) is 6.07 Å². The molecule has 0 aromatic heterocycles. The van der Waals surface area contributed by atoms with Crippen LogP contribution >= 0.6 is 15.9 Å². The summed E-state index contributed by atoms with van der Waals surface area (Å²) in [6.07, 6.45) is 2.08. The van der Waals surface area contributed by atoms with E-state index in [1.807, 2.05) is 11.9 Å². The predicted molar refractivity (Wildman–Crippen MR) is 73.8 cm³/mol. The molecule has 1 aliphatic heterocycles. The summed E-state index contributed by atoms with van der Waals surface area (Å²) in [7, 11) is 1.90. The van der Waals surface area contributed by atoms with Crippen LogP contribution in [0.2, 0.25) is 0 Å². The minimum atomic E-state index is -0.00412. The normalized spacial score (nSPS) is 19.2. The number of hydrogen-bond acceptors (Lipinski definition) is 3. The van der Waals surface area contributed by atoms with Gasteiger partial charge < -0.3 is 15.3 Å². The molecule has 1 amide bonds. The van der Waals surface area contributed by atoms with Crippen molar-refractivity contribution in [3.63, 3.8) is 0 Å². The Labute approximate surface area is 115 Å². The van der Waals surface area contributed by atoms with E-state index in [1.54, 1.807) is 12.1 Å². The Morgan fingerprint density at radius 1 is 1.61 bits per heavy atom. The fourth-order valence-electron chi connectivity index (χ4n) is 2.36. The summed E-state index contributed by atoms with van der Waals surface area (Å²) < 4.78 is 0.604. The molecule has 0 saturated carbocycles. The number of carbonyl (C=O) groups excluding carboxylic acids is 1. The maximum absolute atomic E-state index is 12.4. The number of aromatic hydroxyl groups is 1. The lowest BCUT2D eigenvalue weighted by molar-refractivity contribution is 0.0736. The fraction of sp³-hybridized carbons (Fsp3) is 0.462. The van der Waals surface area contributed by atoms with Gasteiger partial charge in [-0.15, -0.1) is 0 Å². The van der Waals surface area contributed by atoms with Crippen LogP contribution in [0.4, 0.5) is 0 Å². The molecular formula is C13H17BrN2O2. The van der Waals surface area contributed by atoms with Gasteiger partial charge in [-0.25, -0.2) is 0 Å². The van der Waals surface area contributed by atoms with Crippen molar-refractivity contribution < 1.29 is 9.90 Å². The number of halogens is 1. The third-order valence-electron chi connectivity index (χ3n) is 3.27. The number of likely N-dealkylation sites (N-methyl/N-ethyl adjacent to an activating group) is 1. The average molecular weight is 313 g/mol. The first kappa shape index (κ1) is 13.4. The molecule has 0 aliphatic carbocycles. The smallest absolute Gasteiger partial charge is 0.254 e. The molecule has 1 unspecified atom stereocenters. The van der Waals surface area contributed by atoms with Gasteiger partial charge in [0.15, 0.2) is 0 Å². The number of carbonyl (C=O) groups is 1. The zero-order valence-electron chi connectivity index (χ0n) is 10.3. The first-order chi connectivity index (χ1) is 8.63. The van der Waals surface area contributed by atoms with Crippen molar-refractivity contribution in [2.45, 2.75) is 18.9 Å². The van der Waals surface area contributed by atoms with Gasteiger partial charge in [0.2, 0.25) is 0 Å². The van der Waals surface area contributed by atoms with Crippen molar-refractivity contribution in [1.82, 2.24) is 10.2 Å². The van der Waals surface area contributed by atoms with Crippen molar-refractivity contribution >= 4 is 21.8 Å². The van der Waals surface area contributed by atoms with Crippen LogP contribution in [0.1, 0.15) is 23.2 Å².